The first-order valence-corrected chi connectivity index (χ1v) is 15.1. The number of hydrogen-bond donors (Lipinski definition) is 0. The maximum absolute atomic E-state index is 13.3. The van der Waals surface area contributed by atoms with E-state index in [0.29, 0.717) is 16.7 Å². The molecular formula is C23H32N4O4SSi. The van der Waals surface area contributed by atoms with E-state index in [9.17, 15) is 13.2 Å². The molecule has 0 spiro atoms. The summed E-state index contributed by atoms with van der Waals surface area (Å²) in [7, 11) is -3.27. The summed E-state index contributed by atoms with van der Waals surface area (Å²) in [6.45, 7) is 11.8. The van der Waals surface area contributed by atoms with Gasteiger partial charge in [0, 0.05) is 44.4 Å². The fraction of sp³-hybridized carbons (Fsp3) is 0.435. The Morgan fingerprint density at radius 2 is 1.79 bits per heavy atom. The molecule has 33 heavy (non-hydrogen) atoms. The molecule has 2 aromatic heterocycles. The van der Waals surface area contributed by atoms with Crippen molar-refractivity contribution in [1.82, 2.24) is 18.2 Å². The molecule has 1 unspecified atom stereocenters. The molecule has 3 aromatic rings. The van der Waals surface area contributed by atoms with Gasteiger partial charge in [0.1, 0.15) is 19.2 Å². The minimum Gasteiger partial charge on any atom is -0.451 e. The van der Waals surface area contributed by atoms with Crippen molar-refractivity contribution in [2.45, 2.75) is 51.9 Å². The van der Waals surface area contributed by atoms with E-state index in [1.165, 1.54) is 31.2 Å². The molecule has 0 amide bonds. The number of esters is 1. The molecule has 0 fully saturated rings. The lowest BCUT2D eigenvalue weighted by Crippen LogP contribution is -2.56. The monoisotopic (exact) mass is 488 g/mol. The second-order valence-electron chi connectivity index (χ2n) is 9.86. The van der Waals surface area contributed by atoms with Crippen LogP contribution in [0, 0.1) is 0 Å². The molecule has 10 heteroatoms. The lowest BCUT2D eigenvalue weighted by molar-refractivity contribution is -0.144. The van der Waals surface area contributed by atoms with Crippen LogP contribution in [0.5, 0.6) is 0 Å². The Labute approximate surface area is 196 Å². The summed E-state index contributed by atoms with van der Waals surface area (Å²) in [5, 5.41) is 0.639. The van der Waals surface area contributed by atoms with E-state index in [2.05, 4.69) is 38.8 Å². The molecule has 1 aromatic carbocycles. The lowest BCUT2D eigenvalue weighted by atomic mass is 10.0. The quantitative estimate of drug-likeness (QED) is 0.390. The highest BCUT2D eigenvalue weighted by Crippen LogP contribution is 2.37. The Hall–Kier alpha value is -2.56. The first-order valence-electron chi connectivity index (χ1n) is 10.7. The highest BCUT2D eigenvalue weighted by molar-refractivity contribution is 7.87. The number of aromatic nitrogens is 3. The summed E-state index contributed by atoms with van der Waals surface area (Å²) in [6.07, 6.45) is 2.27. The standard InChI is InChI=1S/C23H32N4O4SSi/c1-16(28)31-21(18-13-14-24-19-12-10-9-11-17(18)19)20-15-27(32(29,30)26(5)6)22(25-20)33(7,8)23(2,3)4/h9-15,21H,1-8H3. The van der Waals surface area contributed by atoms with Gasteiger partial charge in [-0.3, -0.25) is 9.78 Å². The number of imidazole rings is 1. The van der Waals surface area contributed by atoms with Crippen LogP contribution in [0.1, 0.15) is 45.1 Å². The Morgan fingerprint density at radius 1 is 1.15 bits per heavy atom. The third-order valence-corrected chi connectivity index (χ3v) is 13.4. The van der Waals surface area contributed by atoms with Gasteiger partial charge >= 0.3 is 16.2 Å². The predicted molar refractivity (Wildman–Crippen MR) is 132 cm³/mol. The lowest BCUT2D eigenvalue weighted by Gasteiger charge is -2.36. The number of carbonyl (C=O) groups is 1. The number of ether oxygens (including phenoxy) is 1. The van der Waals surface area contributed by atoms with Crippen molar-refractivity contribution in [2.24, 2.45) is 0 Å². The number of carbonyl (C=O) groups excluding carboxylic acids is 1. The van der Waals surface area contributed by atoms with Gasteiger partial charge in [-0.05, 0) is 17.2 Å². The van der Waals surface area contributed by atoms with E-state index < -0.39 is 30.4 Å². The number of pyridine rings is 1. The zero-order chi connectivity index (χ0) is 24.8. The third-order valence-electron chi connectivity index (χ3n) is 6.35. The minimum atomic E-state index is -3.85. The van der Waals surface area contributed by atoms with Crippen molar-refractivity contribution in [2.75, 3.05) is 14.1 Å². The molecule has 3 rings (SSSR count). The van der Waals surface area contributed by atoms with Crippen molar-refractivity contribution >= 4 is 40.6 Å². The molecule has 0 saturated carbocycles. The van der Waals surface area contributed by atoms with Crippen LogP contribution >= 0.6 is 0 Å². The second-order valence-corrected chi connectivity index (χ2v) is 17.1. The van der Waals surface area contributed by atoms with Crippen molar-refractivity contribution < 1.29 is 17.9 Å². The molecule has 0 N–H and O–H groups in total. The van der Waals surface area contributed by atoms with Gasteiger partial charge in [0.05, 0.1) is 5.52 Å². The number of nitrogens with zero attached hydrogens (tertiary/aromatic N) is 4. The van der Waals surface area contributed by atoms with Gasteiger partial charge in [-0.25, -0.2) is 8.96 Å². The Bertz CT molecular complexity index is 1290. The van der Waals surface area contributed by atoms with Crippen LogP contribution < -0.4 is 5.45 Å². The number of benzene rings is 1. The average molecular weight is 489 g/mol. The average Bonchev–Trinajstić information content (AvgIpc) is 3.17. The Morgan fingerprint density at radius 3 is 2.36 bits per heavy atom. The summed E-state index contributed by atoms with van der Waals surface area (Å²) in [6, 6.07) is 9.32. The molecule has 0 aliphatic heterocycles. The summed E-state index contributed by atoms with van der Waals surface area (Å²) < 4.78 is 34.7. The largest absolute Gasteiger partial charge is 0.451 e. The summed E-state index contributed by atoms with van der Waals surface area (Å²) in [5.74, 6) is -0.486. The van der Waals surface area contributed by atoms with E-state index >= 15 is 0 Å². The maximum Gasteiger partial charge on any atom is 0.308 e. The van der Waals surface area contributed by atoms with Crippen molar-refractivity contribution in [1.29, 1.82) is 0 Å². The minimum absolute atomic E-state index is 0.171. The highest BCUT2D eigenvalue weighted by Gasteiger charge is 2.44. The Kier molecular flexibility index (Phi) is 6.58. The number of fused-ring (bicyclic) bond motifs is 1. The topological polar surface area (TPSA) is 94.4 Å². The fourth-order valence-corrected chi connectivity index (χ4v) is 6.98. The molecule has 8 nitrogen and oxygen atoms in total. The SMILES string of the molecule is CC(=O)OC(c1cn(S(=O)(=O)N(C)C)c([Si](C)(C)C(C)(C)C)n1)c1ccnc2ccccc12. The smallest absolute Gasteiger partial charge is 0.308 e. The van der Waals surface area contributed by atoms with Crippen molar-refractivity contribution in [3.63, 3.8) is 0 Å². The van der Waals surface area contributed by atoms with Crippen LogP contribution in [0.3, 0.4) is 0 Å². The zero-order valence-corrected chi connectivity index (χ0v) is 22.3. The fourth-order valence-electron chi connectivity index (χ4n) is 3.41. The van der Waals surface area contributed by atoms with E-state index in [-0.39, 0.29) is 5.04 Å². The van der Waals surface area contributed by atoms with Gasteiger partial charge in [-0.1, -0.05) is 52.1 Å². The Balaban J connectivity index is 2.34. The predicted octanol–water partition coefficient (Wildman–Crippen LogP) is 3.45. The van der Waals surface area contributed by atoms with E-state index in [4.69, 9.17) is 9.72 Å². The molecule has 0 radical (unpaired) electrons. The molecule has 178 valence electrons. The summed E-state index contributed by atoms with van der Waals surface area (Å²) in [5.41, 5.74) is 2.32. The summed E-state index contributed by atoms with van der Waals surface area (Å²) >= 11 is 0. The molecule has 0 bridgehead atoms. The van der Waals surface area contributed by atoms with Crippen molar-refractivity contribution in [3.8, 4) is 0 Å². The molecule has 2 heterocycles. The van der Waals surface area contributed by atoms with Crippen LogP contribution in [0.4, 0.5) is 0 Å². The second kappa shape index (κ2) is 8.66. The van der Waals surface area contributed by atoms with E-state index in [1.807, 2.05) is 24.3 Å². The first-order chi connectivity index (χ1) is 15.2. The number of para-hydroxylation sites is 1. The number of rotatable bonds is 6. The van der Waals surface area contributed by atoms with Crippen LogP contribution in [-0.4, -0.2) is 54.8 Å². The van der Waals surface area contributed by atoms with Gasteiger partial charge in [0.2, 0.25) is 0 Å². The van der Waals surface area contributed by atoms with Crippen LogP contribution in [0.25, 0.3) is 10.9 Å². The molecule has 0 aliphatic carbocycles. The number of hydrogen-bond acceptors (Lipinski definition) is 6. The molecular weight excluding hydrogens is 456 g/mol. The maximum atomic E-state index is 13.3. The van der Waals surface area contributed by atoms with Gasteiger partial charge in [0.25, 0.3) is 0 Å². The summed E-state index contributed by atoms with van der Waals surface area (Å²) in [4.78, 5) is 21.3. The van der Waals surface area contributed by atoms with Gasteiger partial charge < -0.3 is 4.74 Å². The molecule has 1 atom stereocenters. The van der Waals surface area contributed by atoms with Crippen molar-refractivity contribution in [3.05, 3.63) is 54.0 Å². The van der Waals surface area contributed by atoms with Gasteiger partial charge in [-0.15, -0.1) is 0 Å². The molecule has 0 aliphatic rings. The third kappa shape index (κ3) is 4.60. The van der Waals surface area contributed by atoms with Crippen LogP contribution in [-0.2, 0) is 19.7 Å². The van der Waals surface area contributed by atoms with Gasteiger partial charge in [-0.2, -0.15) is 12.7 Å². The first kappa shape index (κ1) is 25.1. The molecule has 0 saturated heterocycles. The highest BCUT2D eigenvalue weighted by atomic mass is 32.2. The van der Waals surface area contributed by atoms with Gasteiger partial charge in [0.15, 0.2) is 6.10 Å². The normalized spacial score (nSPS) is 14.0. The van der Waals surface area contributed by atoms with E-state index in [0.717, 1.165) is 15.2 Å². The van der Waals surface area contributed by atoms with Crippen LogP contribution in [0.2, 0.25) is 18.1 Å². The van der Waals surface area contributed by atoms with Crippen LogP contribution in [0.15, 0.2) is 42.7 Å². The van der Waals surface area contributed by atoms with E-state index in [1.54, 1.807) is 12.3 Å². The zero-order valence-electron chi connectivity index (χ0n) is 20.4.